The predicted molar refractivity (Wildman–Crippen MR) is 532 cm³/mol. The number of rotatable bonds is 47. The predicted octanol–water partition coefficient (Wildman–Crippen LogP) is 12.4. The summed E-state index contributed by atoms with van der Waals surface area (Å²) in [7, 11) is 8.56. The molecule has 1 heterocycles. The molecule has 28 nitrogen and oxygen atoms in total. The van der Waals surface area contributed by atoms with Crippen molar-refractivity contribution in [3.8, 4) is 0 Å². The normalized spacial score (nSPS) is 14.9. The van der Waals surface area contributed by atoms with Crippen molar-refractivity contribution >= 4 is 93.7 Å². The topological polar surface area (TPSA) is 340 Å². The molecule has 1 unspecified atom stereocenters. The SMILES string of the molecule is CC(C)C[C@@H](C(=O)N(C)[C@H](C(=O)C[C@@H](Cc1ccccc1)C(=O)N[C@@H](CC(=O)SCc1ccccc1)C(=O)N(C)C(Cc1ccccc1)C(=O)N[C@@H](C)C(=O)N1CCCCC1)C(C)C)N(C)C(=O)CNC(=O)[C@H](Cc1ccccc1)N(C)C(=O)[C@@H](NC(=O)[C@H](CC(C)C)N(C)C(=O)[C@@H](NC(=O)[C@H](C)N(C)C(=O)OC(C)(C)C)C(C)C)[C@@H](C)OC(c1ccccc1)(c1ccccc1)c1ccccc1. The van der Waals surface area contributed by atoms with E-state index in [0.29, 0.717) is 46.5 Å². The summed E-state index contributed by atoms with van der Waals surface area (Å²) in [6.07, 6.45) is -0.531. The quantitative estimate of drug-likeness (QED) is 0.0221. The highest BCUT2D eigenvalue weighted by molar-refractivity contribution is 8.12. The number of ether oxygens (including phenoxy) is 2. The van der Waals surface area contributed by atoms with Crippen LogP contribution < -0.4 is 26.6 Å². The van der Waals surface area contributed by atoms with Gasteiger partial charge < -0.3 is 65.5 Å². The molecule has 12 amide bonds. The van der Waals surface area contributed by atoms with Crippen LogP contribution in [0.2, 0.25) is 0 Å². The molecule has 7 aromatic carbocycles. The number of carbonyl (C=O) groups is 14. The lowest BCUT2D eigenvalue weighted by Crippen LogP contribution is -2.63. The van der Waals surface area contributed by atoms with Crippen LogP contribution in [0.15, 0.2) is 212 Å². The highest BCUT2D eigenvalue weighted by Gasteiger charge is 2.48. The van der Waals surface area contributed by atoms with Gasteiger partial charge in [0.05, 0.1) is 18.7 Å². The van der Waals surface area contributed by atoms with Gasteiger partial charge in [-0.3, -0.25) is 67.2 Å². The number of carbonyl (C=O) groups excluding carboxylic acids is 14. The number of thioether (sulfide) groups is 1. The van der Waals surface area contributed by atoms with Gasteiger partial charge in [0, 0.05) is 92.7 Å². The van der Waals surface area contributed by atoms with Crippen LogP contribution in [0.3, 0.4) is 0 Å². The van der Waals surface area contributed by atoms with Gasteiger partial charge in [-0.05, 0) is 143 Å². The van der Waals surface area contributed by atoms with Crippen molar-refractivity contribution in [2.24, 2.45) is 29.6 Å². The second-order valence-electron chi connectivity index (χ2n) is 38.6. The minimum atomic E-state index is -1.68. The molecule has 0 aliphatic carbocycles. The maximum Gasteiger partial charge on any atom is 0.410 e. The molecule has 0 radical (unpaired) electrons. The highest BCUT2D eigenvalue weighted by atomic mass is 32.2. The van der Waals surface area contributed by atoms with Gasteiger partial charge in [-0.1, -0.05) is 279 Å². The first kappa shape index (κ1) is 110. The van der Waals surface area contributed by atoms with E-state index in [1.807, 2.05) is 155 Å². The number of nitrogens with one attached hydrogen (secondary N) is 5. The number of benzene rings is 7. The summed E-state index contributed by atoms with van der Waals surface area (Å²) < 4.78 is 13.1. The minimum absolute atomic E-state index is 0.00571. The van der Waals surface area contributed by atoms with Gasteiger partial charge in [0.2, 0.25) is 65.0 Å². The van der Waals surface area contributed by atoms with Crippen LogP contribution in [0.1, 0.15) is 181 Å². The smallest absolute Gasteiger partial charge is 0.410 e. The van der Waals surface area contributed by atoms with Gasteiger partial charge in [0.1, 0.15) is 65.6 Å². The maximum atomic E-state index is 16.5. The first-order valence-corrected chi connectivity index (χ1v) is 48.7. The molecule has 1 aliphatic heterocycles. The average Bonchev–Trinajstić information content (AvgIpc) is 0.747. The molecule has 1 saturated heterocycles. The molecule has 0 spiro atoms. The molecule has 29 heteroatoms. The number of likely N-dealkylation sites (tertiary alicyclic amines) is 1. The summed E-state index contributed by atoms with van der Waals surface area (Å²) in [5.74, 6) is -10.8. The molecule has 12 atom stereocenters. The number of nitrogens with zero attached hydrogens (tertiary/aromatic N) is 7. The molecule has 0 aromatic heterocycles. The van der Waals surface area contributed by atoms with E-state index in [1.165, 1.54) is 73.7 Å². The van der Waals surface area contributed by atoms with Crippen LogP contribution >= 0.6 is 11.8 Å². The van der Waals surface area contributed by atoms with E-state index < -0.39 is 191 Å². The number of piperidine rings is 1. The maximum absolute atomic E-state index is 16.5. The Hall–Kier alpha value is -12.4. The second kappa shape index (κ2) is 52.3. The van der Waals surface area contributed by atoms with Gasteiger partial charge in [-0.15, -0.1) is 0 Å². The van der Waals surface area contributed by atoms with Crippen LogP contribution in [-0.2, 0) is 102 Å². The molecule has 1 fully saturated rings. The lowest BCUT2D eigenvalue weighted by atomic mass is 9.79. The van der Waals surface area contributed by atoms with Crippen LogP contribution in [0.5, 0.6) is 0 Å². The summed E-state index contributed by atoms with van der Waals surface area (Å²) in [5.41, 5.74) is 2.34. The first-order chi connectivity index (χ1) is 64.9. The summed E-state index contributed by atoms with van der Waals surface area (Å²) >= 11 is 0.950. The monoisotopic (exact) mass is 1900 g/mol. The first-order valence-electron chi connectivity index (χ1n) is 47.7. The van der Waals surface area contributed by atoms with E-state index in [4.69, 9.17) is 9.47 Å². The Morgan fingerprint density at radius 3 is 1.28 bits per heavy atom. The van der Waals surface area contributed by atoms with Crippen molar-refractivity contribution in [2.75, 3.05) is 61.9 Å². The summed E-state index contributed by atoms with van der Waals surface area (Å²) in [5, 5.41) is 14.0. The zero-order chi connectivity index (χ0) is 101. The van der Waals surface area contributed by atoms with E-state index in [2.05, 4.69) is 26.6 Å². The fourth-order valence-corrected chi connectivity index (χ4v) is 18.1. The molecule has 1 aliphatic rings. The van der Waals surface area contributed by atoms with Crippen molar-refractivity contribution < 1.29 is 76.6 Å². The van der Waals surface area contributed by atoms with Gasteiger partial charge in [0.15, 0.2) is 10.9 Å². The molecule has 137 heavy (non-hydrogen) atoms. The number of amides is 12. The van der Waals surface area contributed by atoms with Gasteiger partial charge in [-0.2, -0.15) is 0 Å². The fourth-order valence-electron chi connectivity index (χ4n) is 17.3. The molecule has 738 valence electrons. The fraction of sp³-hybridized carbons (Fsp3) is 0.481. The van der Waals surface area contributed by atoms with Crippen molar-refractivity contribution in [1.82, 2.24) is 60.9 Å². The number of hydrogen-bond acceptors (Lipinski definition) is 17. The van der Waals surface area contributed by atoms with Crippen molar-refractivity contribution in [3.05, 3.63) is 251 Å². The molecular weight excluding hydrogens is 1750 g/mol. The minimum Gasteiger partial charge on any atom is -0.444 e. The summed E-state index contributed by atoms with van der Waals surface area (Å²) in [6, 6.07) is 51.1. The number of Topliss-reactive ketones (excluding diaryl/α,β-unsaturated/α-hetero) is 1. The van der Waals surface area contributed by atoms with Crippen molar-refractivity contribution in [1.29, 1.82) is 0 Å². The lowest BCUT2D eigenvalue weighted by molar-refractivity contribution is -0.151. The Labute approximate surface area is 814 Å². The molecule has 5 N–H and O–H groups in total. The molecule has 0 bridgehead atoms. The zero-order valence-corrected chi connectivity index (χ0v) is 84.2. The van der Waals surface area contributed by atoms with E-state index >= 15 is 43.2 Å². The highest BCUT2D eigenvalue weighted by Crippen LogP contribution is 2.42. The Morgan fingerprint density at radius 2 is 0.818 bits per heavy atom. The van der Waals surface area contributed by atoms with Crippen LogP contribution in [0, 0.1) is 29.6 Å². The third-order valence-corrected chi connectivity index (χ3v) is 26.1. The summed E-state index contributed by atoms with van der Waals surface area (Å²) in [4.78, 5) is 220. The average molecular weight is 1900 g/mol. The Kier molecular flexibility index (Phi) is 41.9. The Balaban J connectivity index is 1.09. The Bertz CT molecular complexity index is 5050. The Morgan fingerprint density at radius 1 is 0.401 bits per heavy atom. The summed E-state index contributed by atoms with van der Waals surface area (Å²) in [6.45, 7) is 24.6. The van der Waals surface area contributed by atoms with Crippen molar-refractivity contribution in [2.45, 2.75) is 245 Å². The van der Waals surface area contributed by atoms with Gasteiger partial charge >= 0.3 is 6.09 Å². The number of ketones is 1. The van der Waals surface area contributed by atoms with Crippen LogP contribution in [0.4, 0.5) is 4.79 Å². The van der Waals surface area contributed by atoms with Crippen molar-refractivity contribution in [3.63, 3.8) is 0 Å². The molecule has 0 saturated carbocycles. The zero-order valence-electron chi connectivity index (χ0n) is 83.4. The molecule has 8 rings (SSSR count). The second-order valence-corrected chi connectivity index (χ2v) is 39.6. The third kappa shape index (κ3) is 31.3. The standard InChI is InChI=1S/C108H144N12O16S/c1-70(2)61-86(117(18)104(132)93(72(5)6)112-96(124)75(10)114(15)106(134)136-107(12,13)14)100(128)113-94(76(11)135-108(82-53-37-25-38-54-82,83-55-39-26-40-56-83)84-57-41-27-42-58-84)105(133)118(19)87(64-78-47-31-22-32-48-78)98(126)109-68-91(122)115(16)89(62-71(3)4)103(131)119(20)95(73(7)8)90(121)66-81(63-77-45-29-21-30-46-77)97(125)111-85(67-92(123)137-69-80-51-35-24-36-52-80)102(130)116(17)88(65-79-49-33-23-34-50-79)99(127)110-74(9)101(129)120-59-43-28-44-60-120/h21-27,29-42,45-58,70-76,81,85-89,93-95H,28,43-44,59-69H2,1-20H3,(H,109,126)(H,110,127)(H,111,125)(H,112,124)(H,113,128)/t74-,75-,76+,81+,85-,86-,87-,88?,89-,93-,94-,95-/m0/s1. The molecule has 7 aromatic rings. The number of likely N-dealkylation sites (N-methyl/N-ethyl adjacent to an activating group) is 6. The largest absolute Gasteiger partial charge is 0.444 e. The van der Waals surface area contributed by atoms with E-state index in [-0.39, 0.29) is 55.6 Å². The van der Waals surface area contributed by atoms with E-state index in [1.54, 1.807) is 152 Å². The third-order valence-electron chi connectivity index (χ3n) is 25.1. The van der Waals surface area contributed by atoms with Gasteiger partial charge in [0.25, 0.3) is 0 Å². The van der Waals surface area contributed by atoms with E-state index in [0.717, 1.165) is 41.5 Å². The van der Waals surface area contributed by atoms with Gasteiger partial charge in [-0.25, -0.2) is 4.79 Å². The number of hydrogen-bond donors (Lipinski definition) is 5. The lowest BCUT2D eigenvalue weighted by Gasteiger charge is -2.41. The van der Waals surface area contributed by atoms with Crippen LogP contribution in [-0.4, -0.2) is 250 Å². The van der Waals surface area contributed by atoms with E-state index in [9.17, 15) is 24.0 Å². The van der Waals surface area contributed by atoms with Crippen LogP contribution in [0.25, 0.3) is 0 Å². The molecular formula is C108H144N12O16S.